The molecule has 2 N–H and O–H groups in total. The molecule has 158 valence electrons. The van der Waals surface area contributed by atoms with Crippen LogP contribution in [0, 0.1) is 5.82 Å². The second-order valence-electron chi connectivity index (χ2n) is 6.05. The van der Waals surface area contributed by atoms with E-state index in [0.717, 1.165) is 11.8 Å². The van der Waals surface area contributed by atoms with Crippen molar-refractivity contribution in [2.24, 2.45) is 4.99 Å². The van der Waals surface area contributed by atoms with Crippen LogP contribution in [0.1, 0.15) is 6.42 Å². The van der Waals surface area contributed by atoms with Crippen LogP contribution in [0.4, 0.5) is 15.8 Å². The van der Waals surface area contributed by atoms with Gasteiger partial charge in [0.15, 0.2) is 5.17 Å². The van der Waals surface area contributed by atoms with E-state index in [9.17, 15) is 14.0 Å². The van der Waals surface area contributed by atoms with Crippen LogP contribution in [0.25, 0.3) is 0 Å². The molecule has 2 amide bonds. The fraction of sp³-hybridized carbons (Fsp3) is 0.211. The van der Waals surface area contributed by atoms with Gasteiger partial charge < -0.3 is 20.1 Å². The topological polar surface area (TPSA) is 89.0 Å². The Morgan fingerprint density at radius 2 is 1.93 bits per heavy atom. The minimum Gasteiger partial charge on any atom is -0.495 e. The maximum absolute atomic E-state index is 13.3. The second-order valence-corrected chi connectivity index (χ2v) is 8.06. The molecule has 0 unspecified atom stereocenters. The minimum atomic E-state index is -0.750. The molecule has 3 rings (SSSR count). The molecule has 30 heavy (non-hydrogen) atoms. The first-order valence-electron chi connectivity index (χ1n) is 8.53. The number of nitrogens with one attached hydrogen (secondary N) is 2. The van der Waals surface area contributed by atoms with Crippen molar-refractivity contribution in [3.8, 4) is 11.5 Å². The Hall–Kier alpha value is -2.49. The molecule has 1 heterocycles. The number of halogens is 3. The highest BCUT2D eigenvalue weighted by Gasteiger charge is 2.31. The summed E-state index contributed by atoms with van der Waals surface area (Å²) in [7, 11) is 2.89. The first kappa shape index (κ1) is 22.2. The average molecular weight is 472 g/mol. The van der Waals surface area contributed by atoms with Gasteiger partial charge in [0.25, 0.3) is 0 Å². The Labute approximate surface area is 185 Å². The van der Waals surface area contributed by atoms with Crippen LogP contribution in [0.5, 0.6) is 11.5 Å². The lowest BCUT2D eigenvalue weighted by Gasteiger charge is -2.23. The van der Waals surface area contributed by atoms with Crippen molar-refractivity contribution in [2.75, 3.05) is 19.5 Å². The van der Waals surface area contributed by atoms with Gasteiger partial charge >= 0.3 is 0 Å². The lowest BCUT2D eigenvalue weighted by atomic mass is 10.2. The Balaban J connectivity index is 1.80. The molecule has 2 aromatic rings. The normalized spacial score (nSPS) is 17.4. The highest BCUT2D eigenvalue weighted by molar-refractivity contribution is 8.15. The van der Waals surface area contributed by atoms with E-state index < -0.39 is 17.0 Å². The molecule has 0 aromatic heterocycles. The van der Waals surface area contributed by atoms with Crippen LogP contribution in [-0.2, 0) is 9.59 Å². The number of amidine groups is 1. The van der Waals surface area contributed by atoms with Gasteiger partial charge in [0.2, 0.25) is 11.8 Å². The molecule has 7 nitrogen and oxygen atoms in total. The number of anilines is 1. The summed E-state index contributed by atoms with van der Waals surface area (Å²) in [6.45, 7) is 0. The van der Waals surface area contributed by atoms with E-state index in [4.69, 9.17) is 32.7 Å². The first-order valence-corrected chi connectivity index (χ1v) is 10.2. The Morgan fingerprint density at radius 1 is 1.20 bits per heavy atom. The van der Waals surface area contributed by atoms with E-state index in [1.54, 1.807) is 0 Å². The van der Waals surface area contributed by atoms with E-state index in [1.165, 1.54) is 44.6 Å². The quantitative estimate of drug-likeness (QED) is 0.674. The highest BCUT2D eigenvalue weighted by atomic mass is 35.5. The Bertz CT molecular complexity index is 1040. The summed E-state index contributed by atoms with van der Waals surface area (Å²) in [6.07, 6.45) is -0.0489. The summed E-state index contributed by atoms with van der Waals surface area (Å²) >= 11 is 12.9. The molecule has 0 bridgehead atoms. The summed E-state index contributed by atoms with van der Waals surface area (Å²) in [6, 6.07) is 6.95. The van der Waals surface area contributed by atoms with Gasteiger partial charge in [-0.3, -0.25) is 9.59 Å². The van der Waals surface area contributed by atoms with Gasteiger partial charge in [-0.15, -0.1) is 0 Å². The standard InChI is InChI=1S/C19H16Cl2FN3O4S/c1-28-14-7-13(15(29-2)6-11(14)21)24-18(27)16-8-17(26)25-19(30-16)23-9-3-4-12(22)10(20)5-9/h3-7,16H,8H2,1-2H3,(H,24,27)(H,23,25,26)/t16-/m1/s1. The van der Waals surface area contributed by atoms with Crippen molar-refractivity contribution in [3.63, 3.8) is 0 Å². The summed E-state index contributed by atoms with van der Waals surface area (Å²) in [4.78, 5) is 29.1. The summed E-state index contributed by atoms with van der Waals surface area (Å²) in [5.41, 5.74) is 0.688. The molecule has 1 fully saturated rings. The fourth-order valence-electron chi connectivity index (χ4n) is 2.59. The number of thioether (sulfide) groups is 1. The number of benzene rings is 2. The van der Waals surface area contributed by atoms with Crippen molar-refractivity contribution in [3.05, 3.63) is 46.2 Å². The highest BCUT2D eigenvalue weighted by Crippen LogP contribution is 2.36. The zero-order chi connectivity index (χ0) is 21.8. The van der Waals surface area contributed by atoms with Gasteiger partial charge in [-0.1, -0.05) is 35.0 Å². The molecule has 0 radical (unpaired) electrons. The molecule has 1 aliphatic rings. The number of carbonyl (C=O) groups is 2. The monoisotopic (exact) mass is 471 g/mol. The van der Waals surface area contributed by atoms with E-state index in [0.29, 0.717) is 27.9 Å². The first-order chi connectivity index (χ1) is 14.3. The van der Waals surface area contributed by atoms with Crippen molar-refractivity contribution in [2.45, 2.75) is 11.7 Å². The second kappa shape index (κ2) is 9.55. The maximum Gasteiger partial charge on any atom is 0.238 e. The summed E-state index contributed by atoms with van der Waals surface area (Å²) < 4.78 is 23.7. The van der Waals surface area contributed by atoms with Crippen molar-refractivity contribution in [1.82, 2.24) is 5.32 Å². The summed E-state index contributed by atoms with van der Waals surface area (Å²) in [5, 5.41) is 5.00. The van der Waals surface area contributed by atoms with Gasteiger partial charge in [0.1, 0.15) is 22.6 Å². The number of ether oxygens (including phenoxy) is 2. The van der Waals surface area contributed by atoms with E-state index >= 15 is 0 Å². The lowest BCUT2D eigenvalue weighted by Crippen LogP contribution is -2.41. The van der Waals surface area contributed by atoms with Crippen LogP contribution in [-0.4, -0.2) is 36.5 Å². The van der Waals surface area contributed by atoms with Gasteiger partial charge in [0.05, 0.1) is 35.6 Å². The van der Waals surface area contributed by atoms with Gasteiger partial charge in [-0.2, -0.15) is 0 Å². The van der Waals surface area contributed by atoms with E-state index in [-0.39, 0.29) is 22.5 Å². The molecule has 1 saturated heterocycles. The number of aliphatic imine (C=N–C) groups is 1. The van der Waals surface area contributed by atoms with Crippen LogP contribution in [0.2, 0.25) is 10.0 Å². The smallest absolute Gasteiger partial charge is 0.238 e. The van der Waals surface area contributed by atoms with Gasteiger partial charge in [-0.25, -0.2) is 9.38 Å². The van der Waals surface area contributed by atoms with E-state index in [1.807, 2.05) is 0 Å². The zero-order valence-corrected chi connectivity index (χ0v) is 18.1. The van der Waals surface area contributed by atoms with Crippen LogP contribution in [0.3, 0.4) is 0 Å². The molecule has 2 aromatic carbocycles. The molecule has 11 heteroatoms. The fourth-order valence-corrected chi connectivity index (χ4v) is 3.99. The Kier molecular flexibility index (Phi) is 7.06. The van der Waals surface area contributed by atoms with Crippen LogP contribution in [0.15, 0.2) is 35.3 Å². The number of hydrogen-bond donors (Lipinski definition) is 2. The number of carbonyl (C=O) groups excluding carboxylic acids is 2. The molecule has 1 aliphatic heterocycles. The molecular formula is C19H16Cl2FN3O4S. The number of methoxy groups -OCH3 is 2. The number of hydrogen-bond acceptors (Lipinski definition) is 6. The van der Waals surface area contributed by atoms with Gasteiger partial charge in [0, 0.05) is 18.6 Å². The number of rotatable bonds is 5. The van der Waals surface area contributed by atoms with Gasteiger partial charge in [-0.05, 0) is 18.2 Å². The van der Waals surface area contributed by atoms with Crippen molar-refractivity contribution in [1.29, 1.82) is 0 Å². The number of nitrogens with zero attached hydrogens (tertiary/aromatic N) is 1. The predicted octanol–water partition coefficient (Wildman–Crippen LogP) is 4.40. The molecule has 0 aliphatic carbocycles. The molecule has 1 atom stereocenters. The third-order valence-corrected chi connectivity index (χ3v) is 5.70. The molecule has 0 spiro atoms. The van der Waals surface area contributed by atoms with Crippen LogP contribution >= 0.6 is 35.0 Å². The summed E-state index contributed by atoms with van der Waals surface area (Å²) in [5.74, 6) is -0.680. The third kappa shape index (κ3) is 5.16. The average Bonchev–Trinajstić information content (AvgIpc) is 2.71. The van der Waals surface area contributed by atoms with Crippen LogP contribution < -0.4 is 20.1 Å². The number of amides is 2. The SMILES string of the molecule is COc1cc(NC(=O)[C@H]2CC(=O)NC(=Nc3ccc(F)c(Cl)c3)S2)c(OC)cc1Cl. The minimum absolute atomic E-state index is 0.0489. The molecular weight excluding hydrogens is 456 g/mol. The van der Waals surface area contributed by atoms with Crippen molar-refractivity contribution >= 4 is 63.3 Å². The maximum atomic E-state index is 13.3. The predicted molar refractivity (Wildman–Crippen MR) is 116 cm³/mol. The largest absolute Gasteiger partial charge is 0.495 e. The van der Waals surface area contributed by atoms with E-state index in [2.05, 4.69) is 15.6 Å². The Morgan fingerprint density at radius 3 is 2.60 bits per heavy atom. The zero-order valence-electron chi connectivity index (χ0n) is 15.8. The van der Waals surface area contributed by atoms with Crippen molar-refractivity contribution < 1.29 is 23.5 Å². The molecule has 0 saturated carbocycles. The lowest BCUT2D eigenvalue weighted by molar-refractivity contribution is -0.123. The third-order valence-electron chi connectivity index (χ3n) is 4.03.